The Morgan fingerprint density at radius 1 is 1.36 bits per heavy atom. The number of nitrogens with zero attached hydrogens (tertiary/aromatic N) is 3. The smallest absolute Gasteiger partial charge is 0.322 e. The van der Waals surface area contributed by atoms with Crippen LogP contribution in [0.4, 0.5) is 14.9 Å². The van der Waals surface area contributed by atoms with Gasteiger partial charge < -0.3 is 15.0 Å². The van der Waals surface area contributed by atoms with Gasteiger partial charge in [-0.1, -0.05) is 6.92 Å². The van der Waals surface area contributed by atoms with Crippen LogP contribution >= 0.6 is 0 Å². The van der Waals surface area contributed by atoms with Crippen molar-refractivity contribution in [2.24, 2.45) is 5.92 Å². The number of carbonyl (C=O) groups excluding carboxylic acids is 1. The Morgan fingerprint density at radius 3 is 2.82 bits per heavy atom. The molecule has 7 heteroatoms. The highest BCUT2D eigenvalue weighted by Crippen LogP contribution is 2.50. The number of piperidine rings is 1. The Balaban J connectivity index is 1.60. The molecule has 0 radical (unpaired) electrons. The Morgan fingerprint density at radius 2 is 2.11 bits per heavy atom. The van der Waals surface area contributed by atoms with Crippen LogP contribution in [0.2, 0.25) is 0 Å². The lowest BCUT2D eigenvalue weighted by molar-refractivity contribution is -0.122. The van der Waals surface area contributed by atoms with Crippen LogP contribution < -0.4 is 5.32 Å². The summed E-state index contributed by atoms with van der Waals surface area (Å²) in [6.45, 7) is 4.51. The zero-order valence-electron chi connectivity index (χ0n) is 16.4. The molecule has 1 aliphatic heterocycles. The molecule has 2 amide bonds. The fourth-order valence-electron chi connectivity index (χ4n) is 4.93. The third-order valence-corrected chi connectivity index (χ3v) is 5.89. The summed E-state index contributed by atoms with van der Waals surface area (Å²) in [7, 11) is 1.66. The van der Waals surface area contributed by atoms with Crippen molar-refractivity contribution < 1.29 is 13.9 Å². The third kappa shape index (κ3) is 3.13. The number of aryl methyl sites for hydroxylation is 1. The number of anilines is 1. The van der Waals surface area contributed by atoms with Gasteiger partial charge in [-0.2, -0.15) is 0 Å². The van der Waals surface area contributed by atoms with Crippen LogP contribution in [-0.2, 0) is 4.74 Å². The minimum atomic E-state index is -0.467. The van der Waals surface area contributed by atoms with Gasteiger partial charge in [-0.15, -0.1) is 0 Å². The maximum Gasteiger partial charge on any atom is 0.322 e. The van der Waals surface area contributed by atoms with E-state index in [2.05, 4.69) is 22.2 Å². The number of hydrogen-bond donors (Lipinski definition) is 1. The van der Waals surface area contributed by atoms with Crippen LogP contribution in [0.3, 0.4) is 0 Å². The van der Waals surface area contributed by atoms with Gasteiger partial charge in [-0.25, -0.2) is 19.2 Å². The van der Waals surface area contributed by atoms with E-state index in [9.17, 15) is 9.18 Å². The average Bonchev–Trinajstić information content (AvgIpc) is 2.64. The van der Waals surface area contributed by atoms with Crippen molar-refractivity contribution in [3.8, 4) is 11.4 Å². The first kappa shape index (κ1) is 18.8. The van der Waals surface area contributed by atoms with E-state index in [1.165, 1.54) is 6.07 Å². The first-order chi connectivity index (χ1) is 13.4. The molecular formula is C21H25FN4O2. The van der Waals surface area contributed by atoms with Crippen molar-refractivity contribution in [3.05, 3.63) is 42.0 Å². The number of aromatic nitrogens is 2. The molecule has 2 heterocycles. The maximum absolute atomic E-state index is 14.6. The lowest BCUT2D eigenvalue weighted by Gasteiger charge is -2.63. The highest BCUT2D eigenvalue weighted by Gasteiger charge is 2.58. The average molecular weight is 384 g/mol. The van der Waals surface area contributed by atoms with Crippen molar-refractivity contribution in [1.29, 1.82) is 0 Å². The molecule has 0 unspecified atom stereocenters. The van der Waals surface area contributed by atoms with Crippen LogP contribution in [0.15, 0.2) is 30.6 Å². The molecule has 2 aliphatic rings. The van der Waals surface area contributed by atoms with Gasteiger partial charge in [0.1, 0.15) is 5.82 Å². The number of rotatable bonds is 4. The molecule has 1 aromatic heterocycles. The van der Waals surface area contributed by atoms with E-state index < -0.39 is 5.82 Å². The summed E-state index contributed by atoms with van der Waals surface area (Å²) in [6.07, 6.45) is 6.10. The Bertz CT molecular complexity index is 887. The van der Waals surface area contributed by atoms with Crippen molar-refractivity contribution in [1.82, 2.24) is 14.9 Å². The molecule has 1 aliphatic carbocycles. The number of urea groups is 1. The molecular weight excluding hydrogens is 359 g/mol. The van der Waals surface area contributed by atoms with Crippen molar-refractivity contribution >= 4 is 11.7 Å². The van der Waals surface area contributed by atoms with E-state index in [0.717, 1.165) is 19.3 Å². The number of carbonyl (C=O) groups is 1. The van der Waals surface area contributed by atoms with Gasteiger partial charge in [0.25, 0.3) is 0 Å². The van der Waals surface area contributed by atoms with Crippen LogP contribution in [0.1, 0.15) is 31.7 Å². The minimum absolute atomic E-state index is 0.142. The largest absolute Gasteiger partial charge is 0.382 e. The van der Waals surface area contributed by atoms with Crippen LogP contribution in [0, 0.1) is 18.7 Å². The summed E-state index contributed by atoms with van der Waals surface area (Å²) < 4.78 is 20.0. The van der Waals surface area contributed by atoms with Gasteiger partial charge in [0.05, 0.1) is 17.8 Å². The maximum atomic E-state index is 14.6. The number of fused-ring (bicyclic) bond motifs is 2. The zero-order chi connectivity index (χ0) is 19.9. The topological polar surface area (TPSA) is 67.3 Å². The molecule has 3 atom stereocenters. The summed E-state index contributed by atoms with van der Waals surface area (Å²) in [4.78, 5) is 23.4. The van der Waals surface area contributed by atoms with Crippen LogP contribution in [0.25, 0.3) is 11.4 Å². The molecule has 4 rings (SSSR count). The van der Waals surface area contributed by atoms with Gasteiger partial charge in [0, 0.05) is 31.1 Å². The van der Waals surface area contributed by atoms with Crippen molar-refractivity contribution in [2.75, 3.05) is 19.0 Å². The first-order valence-corrected chi connectivity index (χ1v) is 9.60. The Kier molecular flexibility index (Phi) is 4.79. The summed E-state index contributed by atoms with van der Waals surface area (Å²) in [5.74, 6) is 0.585. The number of halogens is 1. The molecule has 2 aromatic rings. The van der Waals surface area contributed by atoms with Gasteiger partial charge in [0.15, 0.2) is 5.82 Å². The van der Waals surface area contributed by atoms with Crippen molar-refractivity contribution in [2.45, 2.75) is 44.7 Å². The molecule has 6 nitrogen and oxygen atoms in total. The second kappa shape index (κ2) is 7.13. The summed E-state index contributed by atoms with van der Waals surface area (Å²) in [6, 6.07) is 4.65. The third-order valence-electron chi connectivity index (χ3n) is 5.89. The second-order valence-corrected chi connectivity index (χ2v) is 8.08. The molecule has 1 saturated heterocycles. The normalized spacial score (nSPS) is 25.9. The SMILES string of the molecule is COC[C@@]12C[C@H](C)C[C@@H](C1)N2C(=O)Nc1cc(-c2ncccn2)c(C)cc1F. The second-order valence-electron chi connectivity index (χ2n) is 8.08. The lowest BCUT2D eigenvalue weighted by Crippen LogP contribution is -2.74. The fourth-order valence-corrected chi connectivity index (χ4v) is 4.93. The number of likely N-dealkylation sites (tertiary alicyclic amines) is 1. The van der Waals surface area contributed by atoms with Gasteiger partial charge in [0.2, 0.25) is 0 Å². The molecule has 1 saturated carbocycles. The Hall–Kier alpha value is -2.54. The van der Waals surface area contributed by atoms with Gasteiger partial charge >= 0.3 is 6.03 Å². The van der Waals surface area contributed by atoms with E-state index in [0.29, 0.717) is 29.5 Å². The quantitative estimate of drug-likeness (QED) is 0.865. The van der Waals surface area contributed by atoms with E-state index in [1.54, 1.807) is 38.6 Å². The summed E-state index contributed by atoms with van der Waals surface area (Å²) in [5, 5.41) is 2.78. The van der Waals surface area contributed by atoms with E-state index in [4.69, 9.17) is 4.74 Å². The molecule has 2 bridgehead atoms. The highest BCUT2D eigenvalue weighted by atomic mass is 19.1. The number of benzene rings is 1. The van der Waals surface area contributed by atoms with Gasteiger partial charge in [-0.3, -0.25) is 0 Å². The van der Waals surface area contributed by atoms with Gasteiger partial charge in [-0.05, 0) is 55.9 Å². The highest BCUT2D eigenvalue weighted by molar-refractivity contribution is 5.92. The summed E-state index contributed by atoms with van der Waals surface area (Å²) in [5.41, 5.74) is 1.27. The van der Waals surface area contributed by atoms with E-state index >= 15 is 0 Å². The molecule has 1 N–H and O–H groups in total. The molecule has 148 valence electrons. The van der Waals surface area contributed by atoms with E-state index in [1.807, 2.05) is 4.90 Å². The molecule has 2 fully saturated rings. The summed E-state index contributed by atoms with van der Waals surface area (Å²) >= 11 is 0. The Labute approximate surface area is 164 Å². The zero-order valence-corrected chi connectivity index (χ0v) is 16.4. The lowest BCUT2D eigenvalue weighted by atomic mass is 9.65. The number of methoxy groups -OCH3 is 1. The number of hydrogen-bond acceptors (Lipinski definition) is 4. The first-order valence-electron chi connectivity index (χ1n) is 9.60. The molecule has 1 aromatic carbocycles. The molecule has 28 heavy (non-hydrogen) atoms. The van der Waals surface area contributed by atoms with E-state index in [-0.39, 0.29) is 23.3 Å². The van der Waals surface area contributed by atoms with Crippen LogP contribution in [-0.4, -0.2) is 46.2 Å². The minimum Gasteiger partial charge on any atom is -0.382 e. The number of amides is 2. The predicted octanol–water partition coefficient (Wildman–Crippen LogP) is 4.01. The number of ether oxygens (including phenoxy) is 1. The standard InChI is InChI=1S/C21H25FN4O2/c1-13-7-15-11-21(10-13,12-28-3)26(15)20(27)25-18-9-16(14(2)8-17(18)22)19-23-5-4-6-24-19/h4-6,8-9,13,15H,7,10-12H2,1-3H3,(H,25,27)/t13-,15+,21-/m1/s1. The van der Waals surface area contributed by atoms with Crippen LogP contribution in [0.5, 0.6) is 0 Å². The monoisotopic (exact) mass is 384 g/mol. The van der Waals surface area contributed by atoms with Crippen molar-refractivity contribution in [3.63, 3.8) is 0 Å². The predicted molar refractivity (Wildman–Crippen MR) is 104 cm³/mol. The fraction of sp³-hybridized carbons (Fsp3) is 0.476. The molecule has 0 spiro atoms. The number of nitrogens with one attached hydrogen (secondary N) is 1.